The number of hydrogen-bond acceptors (Lipinski definition) is 5. The van der Waals surface area contributed by atoms with Gasteiger partial charge in [0.25, 0.3) is 0 Å². The van der Waals surface area contributed by atoms with Crippen LogP contribution in [0.5, 0.6) is 0 Å². The summed E-state index contributed by atoms with van der Waals surface area (Å²) in [7, 11) is 0. The average Bonchev–Trinajstić information content (AvgIpc) is 3.44. The fourth-order valence-electron chi connectivity index (χ4n) is 4.53. The lowest BCUT2D eigenvalue weighted by Gasteiger charge is -2.16. The summed E-state index contributed by atoms with van der Waals surface area (Å²) in [5.41, 5.74) is 1.60. The highest BCUT2D eigenvalue weighted by Gasteiger charge is 2.59. The Labute approximate surface area is 159 Å². The van der Waals surface area contributed by atoms with Gasteiger partial charge in [0.05, 0.1) is 11.8 Å². The molecule has 6 nitrogen and oxygen atoms in total. The van der Waals surface area contributed by atoms with E-state index in [0.717, 1.165) is 21.9 Å². The van der Waals surface area contributed by atoms with Crippen LogP contribution in [0.25, 0.3) is 10.6 Å². The summed E-state index contributed by atoms with van der Waals surface area (Å²) in [4.78, 5) is 43.1. The minimum absolute atomic E-state index is 0.155. The molecule has 1 aromatic carbocycles. The van der Waals surface area contributed by atoms with Gasteiger partial charge in [-0.05, 0) is 42.5 Å². The van der Waals surface area contributed by atoms with Crippen molar-refractivity contribution < 1.29 is 14.4 Å². The molecule has 5 rings (SSSR count). The first kappa shape index (κ1) is 16.4. The van der Waals surface area contributed by atoms with Gasteiger partial charge in [-0.25, -0.2) is 4.98 Å². The zero-order chi connectivity index (χ0) is 18.5. The zero-order valence-electron chi connectivity index (χ0n) is 14.4. The number of imide groups is 1. The quantitative estimate of drug-likeness (QED) is 0.654. The molecule has 0 radical (unpaired) electrons. The second-order valence-electron chi connectivity index (χ2n) is 7.23. The molecule has 3 amide bonds. The van der Waals surface area contributed by atoms with Crippen LogP contribution in [0.1, 0.15) is 6.42 Å². The van der Waals surface area contributed by atoms with Gasteiger partial charge in [0.1, 0.15) is 11.6 Å². The third kappa shape index (κ3) is 2.61. The highest BCUT2D eigenvalue weighted by Crippen LogP contribution is 2.52. The molecule has 4 atom stereocenters. The van der Waals surface area contributed by atoms with Gasteiger partial charge < -0.3 is 5.32 Å². The fraction of sp³-hybridized carbons (Fsp3) is 0.300. The number of amides is 3. The Morgan fingerprint density at radius 1 is 1.11 bits per heavy atom. The number of carbonyl (C=O) groups excluding carboxylic acids is 3. The summed E-state index contributed by atoms with van der Waals surface area (Å²) in [6, 6.07) is 7.35. The molecule has 136 valence electrons. The van der Waals surface area contributed by atoms with E-state index in [9.17, 15) is 14.4 Å². The summed E-state index contributed by atoms with van der Waals surface area (Å²) in [5.74, 6) is -0.979. The molecular weight excluding hydrogens is 362 g/mol. The third-order valence-corrected chi connectivity index (χ3v) is 6.53. The van der Waals surface area contributed by atoms with Crippen molar-refractivity contribution in [1.82, 2.24) is 9.88 Å². The van der Waals surface area contributed by atoms with Crippen molar-refractivity contribution in [3.63, 3.8) is 0 Å². The normalized spacial score (nSPS) is 28.1. The van der Waals surface area contributed by atoms with Crippen LogP contribution in [0.4, 0.5) is 5.69 Å². The SMILES string of the molecule is O=C(CN1C(=O)C2C3C=CC(C3)C2C1=O)Nc1ccc(-c2nccs2)cc1. The molecule has 1 aliphatic heterocycles. The van der Waals surface area contributed by atoms with E-state index in [0.29, 0.717) is 5.69 Å². The molecule has 1 N–H and O–H groups in total. The highest BCUT2D eigenvalue weighted by atomic mass is 32.1. The molecule has 1 saturated heterocycles. The van der Waals surface area contributed by atoms with Gasteiger partial charge in [-0.15, -0.1) is 11.3 Å². The minimum Gasteiger partial charge on any atom is -0.325 e. The number of aromatic nitrogens is 1. The molecule has 2 aromatic rings. The van der Waals surface area contributed by atoms with Crippen LogP contribution in [-0.2, 0) is 14.4 Å². The number of carbonyl (C=O) groups is 3. The molecule has 2 fully saturated rings. The second-order valence-corrected chi connectivity index (χ2v) is 8.12. The third-order valence-electron chi connectivity index (χ3n) is 5.71. The Hall–Kier alpha value is -2.80. The van der Waals surface area contributed by atoms with Crippen LogP contribution >= 0.6 is 11.3 Å². The molecular formula is C20H17N3O3S. The topological polar surface area (TPSA) is 79.4 Å². The van der Waals surface area contributed by atoms with Crippen LogP contribution in [0.2, 0.25) is 0 Å². The molecule has 7 heteroatoms. The van der Waals surface area contributed by atoms with Crippen molar-refractivity contribution >= 4 is 34.7 Å². The van der Waals surface area contributed by atoms with E-state index in [1.165, 1.54) is 0 Å². The lowest BCUT2D eigenvalue weighted by Crippen LogP contribution is -2.39. The van der Waals surface area contributed by atoms with Gasteiger partial charge in [0.2, 0.25) is 17.7 Å². The first-order valence-electron chi connectivity index (χ1n) is 8.95. The van der Waals surface area contributed by atoms with E-state index in [4.69, 9.17) is 0 Å². The van der Waals surface area contributed by atoms with Crippen molar-refractivity contribution in [3.05, 3.63) is 48.0 Å². The second kappa shape index (κ2) is 6.13. The molecule has 1 saturated carbocycles. The molecule has 2 aliphatic carbocycles. The van der Waals surface area contributed by atoms with E-state index < -0.39 is 0 Å². The van der Waals surface area contributed by atoms with E-state index in [1.54, 1.807) is 29.7 Å². The summed E-state index contributed by atoms with van der Waals surface area (Å²) in [6.45, 7) is -0.224. The predicted molar refractivity (Wildman–Crippen MR) is 101 cm³/mol. The van der Waals surface area contributed by atoms with Crippen molar-refractivity contribution in [2.75, 3.05) is 11.9 Å². The van der Waals surface area contributed by atoms with Gasteiger partial charge in [0, 0.05) is 22.8 Å². The molecule has 3 aliphatic rings. The van der Waals surface area contributed by atoms with Crippen LogP contribution in [0, 0.1) is 23.7 Å². The maximum Gasteiger partial charge on any atom is 0.244 e. The van der Waals surface area contributed by atoms with Crippen LogP contribution in [-0.4, -0.2) is 34.2 Å². The lowest BCUT2D eigenvalue weighted by atomic mass is 9.85. The standard InChI is InChI=1S/C20H17N3O3S/c24-15(22-14-5-3-11(4-6-14)18-21-7-8-27-18)10-23-19(25)16-12-1-2-13(9-12)17(16)20(23)26/h1-8,12-13,16-17H,9-10H2,(H,22,24). The molecule has 2 bridgehead atoms. The Morgan fingerprint density at radius 3 is 2.37 bits per heavy atom. The zero-order valence-corrected chi connectivity index (χ0v) is 15.2. The molecule has 4 unspecified atom stereocenters. The Balaban J connectivity index is 1.25. The Bertz CT molecular complexity index is 921. The van der Waals surface area contributed by atoms with E-state index in [-0.39, 0.29) is 47.9 Å². The molecule has 1 aromatic heterocycles. The predicted octanol–water partition coefficient (Wildman–Crippen LogP) is 2.56. The van der Waals surface area contributed by atoms with Crippen molar-refractivity contribution in [3.8, 4) is 10.6 Å². The summed E-state index contributed by atoms with van der Waals surface area (Å²) >= 11 is 1.55. The van der Waals surface area contributed by atoms with Crippen molar-refractivity contribution in [2.45, 2.75) is 6.42 Å². The van der Waals surface area contributed by atoms with Gasteiger partial charge in [0.15, 0.2) is 0 Å². The number of likely N-dealkylation sites (tertiary alicyclic amines) is 1. The number of thiazole rings is 1. The lowest BCUT2D eigenvalue weighted by molar-refractivity contribution is -0.143. The number of allylic oxidation sites excluding steroid dienone is 2. The van der Waals surface area contributed by atoms with Crippen LogP contribution in [0.15, 0.2) is 48.0 Å². The van der Waals surface area contributed by atoms with Crippen molar-refractivity contribution in [1.29, 1.82) is 0 Å². The monoisotopic (exact) mass is 379 g/mol. The van der Waals surface area contributed by atoms with E-state index in [2.05, 4.69) is 10.3 Å². The number of benzene rings is 1. The van der Waals surface area contributed by atoms with E-state index >= 15 is 0 Å². The number of fused-ring (bicyclic) bond motifs is 5. The summed E-state index contributed by atoms with van der Waals surface area (Å²) in [5, 5.41) is 5.59. The van der Waals surface area contributed by atoms with E-state index in [1.807, 2.05) is 29.7 Å². The summed E-state index contributed by atoms with van der Waals surface area (Å²) in [6.07, 6.45) is 6.73. The highest BCUT2D eigenvalue weighted by molar-refractivity contribution is 7.13. The number of rotatable bonds is 4. The Kier molecular flexibility index (Phi) is 3.72. The number of nitrogens with one attached hydrogen (secondary N) is 1. The molecule has 27 heavy (non-hydrogen) atoms. The minimum atomic E-state index is -0.362. The number of anilines is 1. The number of hydrogen-bond donors (Lipinski definition) is 1. The maximum absolute atomic E-state index is 12.6. The van der Waals surface area contributed by atoms with Gasteiger partial charge in [-0.3, -0.25) is 19.3 Å². The van der Waals surface area contributed by atoms with Gasteiger partial charge >= 0.3 is 0 Å². The fourth-order valence-corrected chi connectivity index (χ4v) is 5.17. The van der Waals surface area contributed by atoms with Crippen LogP contribution in [0.3, 0.4) is 0 Å². The Morgan fingerprint density at radius 2 is 1.78 bits per heavy atom. The maximum atomic E-state index is 12.6. The van der Waals surface area contributed by atoms with Gasteiger partial charge in [-0.1, -0.05) is 12.2 Å². The molecule has 0 spiro atoms. The number of nitrogens with zero attached hydrogens (tertiary/aromatic N) is 2. The smallest absolute Gasteiger partial charge is 0.244 e. The van der Waals surface area contributed by atoms with Crippen LogP contribution < -0.4 is 5.32 Å². The average molecular weight is 379 g/mol. The molecule has 2 heterocycles. The largest absolute Gasteiger partial charge is 0.325 e. The van der Waals surface area contributed by atoms with Crippen molar-refractivity contribution in [2.24, 2.45) is 23.7 Å². The van der Waals surface area contributed by atoms with Gasteiger partial charge in [-0.2, -0.15) is 0 Å². The first-order valence-corrected chi connectivity index (χ1v) is 9.83. The first-order chi connectivity index (χ1) is 13.1. The summed E-state index contributed by atoms with van der Waals surface area (Å²) < 4.78 is 0.